The number of hydrogen-bond acceptors (Lipinski definition) is 8. The Balaban J connectivity index is 1.41. The van der Waals surface area contributed by atoms with Gasteiger partial charge in [-0.25, -0.2) is 0 Å². The van der Waals surface area contributed by atoms with Gasteiger partial charge in [-0.3, -0.25) is 20.2 Å². The van der Waals surface area contributed by atoms with Gasteiger partial charge in [-0.2, -0.15) is 0 Å². The number of furan rings is 1. The number of carbonyl (C=O) groups excluding carboxylic acids is 1. The van der Waals surface area contributed by atoms with Crippen molar-refractivity contribution < 1.29 is 18.9 Å². The molecule has 1 N–H and O–H groups in total. The molecule has 1 amide bonds. The number of benzene rings is 2. The highest BCUT2D eigenvalue weighted by atomic mass is 32.1. The summed E-state index contributed by atoms with van der Waals surface area (Å²) >= 11 is 1.18. The Morgan fingerprint density at radius 1 is 1.16 bits per heavy atom. The molecule has 0 saturated carbocycles. The van der Waals surface area contributed by atoms with Crippen molar-refractivity contribution in [3.05, 3.63) is 87.1 Å². The third-order valence-electron chi connectivity index (χ3n) is 4.24. The summed E-state index contributed by atoms with van der Waals surface area (Å²) in [6, 6.07) is 16.8. The molecule has 0 fully saturated rings. The minimum Gasteiger partial charge on any atom is -0.486 e. The van der Waals surface area contributed by atoms with E-state index in [0.29, 0.717) is 5.01 Å². The molecule has 156 valence electrons. The van der Waals surface area contributed by atoms with Crippen LogP contribution < -0.4 is 10.1 Å². The zero-order chi connectivity index (χ0) is 21.8. The van der Waals surface area contributed by atoms with Crippen LogP contribution in [0.25, 0.3) is 11.3 Å². The summed E-state index contributed by atoms with van der Waals surface area (Å²) in [5.41, 5.74) is 1.27. The van der Waals surface area contributed by atoms with Crippen molar-refractivity contribution in [3.63, 3.8) is 0 Å². The van der Waals surface area contributed by atoms with Crippen LogP contribution in [-0.4, -0.2) is 21.0 Å². The average molecular weight is 436 g/mol. The molecule has 0 atom stereocenters. The average Bonchev–Trinajstić information content (AvgIpc) is 3.42. The molecular formula is C21H16N4O5S. The van der Waals surface area contributed by atoms with Gasteiger partial charge >= 0.3 is 0 Å². The topological polar surface area (TPSA) is 120 Å². The van der Waals surface area contributed by atoms with E-state index in [0.717, 1.165) is 11.3 Å². The van der Waals surface area contributed by atoms with Crippen molar-refractivity contribution in [3.8, 4) is 17.1 Å². The number of aromatic nitrogens is 2. The van der Waals surface area contributed by atoms with Crippen molar-refractivity contribution in [1.82, 2.24) is 10.2 Å². The summed E-state index contributed by atoms with van der Waals surface area (Å²) < 4.78 is 11.2. The van der Waals surface area contributed by atoms with Crippen molar-refractivity contribution in [1.29, 1.82) is 0 Å². The Bertz CT molecular complexity index is 1250. The first kappa shape index (κ1) is 20.2. The van der Waals surface area contributed by atoms with E-state index in [1.165, 1.54) is 29.5 Å². The van der Waals surface area contributed by atoms with E-state index in [2.05, 4.69) is 15.5 Å². The predicted molar refractivity (Wildman–Crippen MR) is 114 cm³/mol. The predicted octanol–water partition coefficient (Wildman–Crippen LogP) is 4.85. The molecule has 0 aliphatic rings. The van der Waals surface area contributed by atoms with Crippen LogP contribution in [-0.2, 0) is 6.61 Å². The molecule has 10 heteroatoms. The van der Waals surface area contributed by atoms with Gasteiger partial charge in [0.2, 0.25) is 5.13 Å². The van der Waals surface area contributed by atoms with Gasteiger partial charge < -0.3 is 9.15 Å². The lowest BCUT2D eigenvalue weighted by Gasteiger charge is -2.03. The van der Waals surface area contributed by atoms with Crippen LogP contribution in [0.3, 0.4) is 0 Å². The SMILES string of the molecule is Cc1cccc(OCc2nnc(NC(=O)c3ccc(-c4ccccc4[N+](=O)[O-])o3)s2)c1. The second-order valence-corrected chi connectivity index (χ2v) is 7.56. The standard InChI is InChI=1S/C21H16N4O5S/c1-13-5-4-6-14(11-13)29-12-19-23-24-21(31-19)22-20(26)18-10-9-17(30-18)15-7-2-3-8-16(15)25(27)28/h2-11H,12H2,1H3,(H,22,24,26). The number of nitro groups is 1. The number of ether oxygens (including phenoxy) is 1. The van der Waals surface area contributed by atoms with Crippen molar-refractivity contribution in [2.75, 3.05) is 5.32 Å². The second-order valence-electron chi connectivity index (χ2n) is 6.50. The van der Waals surface area contributed by atoms with Crippen molar-refractivity contribution in [2.45, 2.75) is 13.5 Å². The van der Waals surface area contributed by atoms with Crippen LogP contribution >= 0.6 is 11.3 Å². The van der Waals surface area contributed by atoms with Gasteiger partial charge in [-0.05, 0) is 42.8 Å². The van der Waals surface area contributed by atoms with Crippen LogP contribution in [0.4, 0.5) is 10.8 Å². The molecule has 4 rings (SSSR count). The molecular weight excluding hydrogens is 420 g/mol. The number of anilines is 1. The molecule has 0 unspecified atom stereocenters. The first-order valence-electron chi connectivity index (χ1n) is 9.16. The number of nitrogens with one attached hydrogen (secondary N) is 1. The molecule has 0 saturated heterocycles. The fourth-order valence-corrected chi connectivity index (χ4v) is 3.47. The largest absolute Gasteiger partial charge is 0.486 e. The highest BCUT2D eigenvalue weighted by Crippen LogP contribution is 2.31. The van der Waals surface area contributed by atoms with Gasteiger partial charge in [-0.1, -0.05) is 35.6 Å². The van der Waals surface area contributed by atoms with E-state index < -0.39 is 10.8 Å². The first-order valence-corrected chi connectivity index (χ1v) is 9.98. The quantitative estimate of drug-likeness (QED) is 0.325. The maximum absolute atomic E-state index is 12.5. The minimum absolute atomic E-state index is 0.000844. The van der Waals surface area contributed by atoms with Crippen LogP contribution in [0.2, 0.25) is 0 Å². The normalized spacial score (nSPS) is 10.6. The highest BCUT2D eigenvalue weighted by Gasteiger charge is 2.20. The van der Waals surface area contributed by atoms with Crippen LogP contribution in [0, 0.1) is 17.0 Å². The van der Waals surface area contributed by atoms with Crippen molar-refractivity contribution in [2.24, 2.45) is 0 Å². The number of nitro benzene ring substituents is 1. The molecule has 2 aromatic heterocycles. The van der Waals surface area contributed by atoms with E-state index in [-0.39, 0.29) is 34.5 Å². The third-order valence-corrected chi connectivity index (χ3v) is 5.05. The summed E-state index contributed by atoms with van der Waals surface area (Å²) in [6.07, 6.45) is 0. The Morgan fingerprint density at radius 2 is 2.00 bits per heavy atom. The smallest absolute Gasteiger partial charge is 0.293 e. The van der Waals surface area contributed by atoms with Gasteiger partial charge in [0.1, 0.15) is 18.1 Å². The van der Waals surface area contributed by atoms with Gasteiger partial charge in [-0.15, -0.1) is 10.2 Å². The lowest BCUT2D eigenvalue weighted by Crippen LogP contribution is -2.10. The molecule has 0 radical (unpaired) electrons. The van der Waals surface area contributed by atoms with Gasteiger partial charge in [0.15, 0.2) is 10.8 Å². The number of rotatable bonds is 7. The summed E-state index contributed by atoms with van der Waals surface area (Å²) in [4.78, 5) is 23.2. The van der Waals surface area contributed by atoms with Crippen LogP contribution in [0.1, 0.15) is 21.1 Å². The maximum atomic E-state index is 12.5. The second kappa shape index (κ2) is 8.76. The zero-order valence-corrected chi connectivity index (χ0v) is 17.1. The number of carbonyl (C=O) groups is 1. The molecule has 0 aliphatic carbocycles. The first-order chi connectivity index (χ1) is 15.0. The van der Waals surface area contributed by atoms with E-state index >= 15 is 0 Å². The van der Waals surface area contributed by atoms with Crippen LogP contribution in [0.5, 0.6) is 5.75 Å². The summed E-state index contributed by atoms with van der Waals surface area (Å²) in [5, 5.41) is 22.6. The Labute approximate surface area is 180 Å². The molecule has 0 bridgehead atoms. The monoisotopic (exact) mass is 436 g/mol. The number of aryl methyl sites for hydroxylation is 1. The lowest BCUT2D eigenvalue weighted by atomic mass is 10.1. The van der Waals surface area contributed by atoms with E-state index in [4.69, 9.17) is 9.15 Å². The molecule has 0 aliphatic heterocycles. The molecule has 4 aromatic rings. The highest BCUT2D eigenvalue weighted by molar-refractivity contribution is 7.15. The maximum Gasteiger partial charge on any atom is 0.293 e. The molecule has 2 aromatic carbocycles. The number of nitrogens with zero attached hydrogens (tertiary/aromatic N) is 3. The fraction of sp³-hybridized carbons (Fsp3) is 0.0952. The van der Waals surface area contributed by atoms with Gasteiger partial charge in [0, 0.05) is 6.07 Å². The molecule has 31 heavy (non-hydrogen) atoms. The molecule has 0 spiro atoms. The zero-order valence-electron chi connectivity index (χ0n) is 16.3. The van der Waals surface area contributed by atoms with E-state index in [1.807, 2.05) is 31.2 Å². The minimum atomic E-state index is -0.535. The summed E-state index contributed by atoms with van der Waals surface area (Å²) in [6.45, 7) is 2.20. The summed E-state index contributed by atoms with van der Waals surface area (Å²) in [5.74, 6) is 0.411. The Hall–Kier alpha value is -4.05. The molecule has 2 heterocycles. The lowest BCUT2D eigenvalue weighted by molar-refractivity contribution is -0.384. The number of para-hydroxylation sites is 1. The van der Waals surface area contributed by atoms with Gasteiger partial charge in [0.05, 0.1) is 10.5 Å². The number of amides is 1. The fourth-order valence-electron chi connectivity index (χ4n) is 2.82. The summed E-state index contributed by atoms with van der Waals surface area (Å²) in [7, 11) is 0. The van der Waals surface area contributed by atoms with Gasteiger partial charge in [0.25, 0.3) is 11.6 Å². The van der Waals surface area contributed by atoms with Crippen molar-refractivity contribution >= 4 is 28.1 Å². The Morgan fingerprint density at radius 3 is 2.81 bits per heavy atom. The molecule has 9 nitrogen and oxygen atoms in total. The van der Waals surface area contributed by atoms with E-state index in [9.17, 15) is 14.9 Å². The number of hydrogen-bond donors (Lipinski definition) is 1. The Kier molecular flexibility index (Phi) is 5.72. The van der Waals surface area contributed by atoms with Crippen LogP contribution in [0.15, 0.2) is 65.1 Å². The van der Waals surface area contributed by atoms with E-state index in [1.54, 1.807) is 18.2 Å². The third kappa shape index (κ3) is 4.75.